The fourth-order valence-electron chi connectivity index (χ4n) is 7.38. The largest absolute Gasteiger partial charge is 0.0993 e. The van der Waals surface area contributed by atoms with Gasteiger partial charge in [0.05, 0.1) is 0 Å². The van der Waals surface area contributed by atoms with Gasteiger partial charge in [0.2, 0.25) is 0 Å². The van der Waals surface area contributed by atoms with Gasteiger partial charge in [0.1, 0.15) is 0 Å². The minimum atomic E-state index is 0.905. The Balaban J connectivity index is 1.54. The lowest BCUT2D eigenvalue weighted by atomic mass is 9.81. The molecule has 2 unspecified atom stereocenters. The van der Waals surface area contributed by atoms with E-state index < -0.39 is 0 Å². The van der Waals surface area contributed by atoms with E-state index in [0.29, 0.717) is 0 Å². The normalized spacial score (nSPS) is 65.6. The van der Waals surface area contributed by atoms with Crippen molar-refractivity contribution in [1.29, 1.82) is 0 Å². The average molecular weight is 236 g/mol. The molecule has 8 rings (SSSR count). The summed E-state index contributed by atoms with van der Waals surface area (Å²) in [6.45, 7) is 8.75. The molecule has 0 saturated heterocycles. The van der Waals surface area contributed by atoms with Crippen molar-refractivity contribution in [3.05, 3.63) is 35.5 Å². The van der Waals surface area contributed by atoms with Crippen LogP contribution in [0.2, 0.25) is 0 Å². The summed E-state index contributed by atoms with van der Waals surface area (Å²) in [5, 5.41) is 0. The van der Waals surface area contributed by atoms with E-state index in [1.165, 1.54) is 25.7 Å². The van der Waals surface area contributed by atoms with Gasteiger partial charge in [-0.25, -0.2) is 0 Å². The third-order valence-corrected chi connectivity index (χ3v) is 7.81. The Morgan fingerprint density at radius 2 is 0.778 bits per heavy atom. The second-order valence-corrected chi connectivity index (χ2v) is 7.86. The van der Waals surface area contributed by atoms with Crippen molar-refractivity contribution in [3.63, 3.8) is 0 Å². The highest BCUT2D eigenvalue weighted by Crippen LogP contribution is 2.74. The van der Waals surface area contributed by atoms with Crippen LogP contribution < -0.4 is 0 Å². The van der Waals surface area contributed by atoms with Crippen LogP contribution in [0.5, 0.6) is 0 Å². The molecule has 8 aliphatic rings. The molecular formula is C18H20. The molecule has 0 spiro atoms. The van der Waals surface area contributed by atoms with Gasteiger partial charge < -0.3 is 0 Å². The maximum Gasteiger partial charge on any atom is -0.0126 e. The maximum atomic E-state index is 4.37. The molecule has 0 aromatic rings. The number of rotatable bonds is 0. The summed E-state index contributed by atoms with van der Waals surface area (Å²) in [4.78, 5) is 0. The molecule has 8 fully saturated rings. The van der Waals surface area contributed by atoms with Crippen LogP contribution in [0.4, 0.5) is 0 Å². The Morgan fingerprint density at radius 1 is 0.500 bits per heavy atom. The van der Waals surface area contributed by atoms with Crippen LogP contribution in [0.1, 0.15) is 25.7 Å². The first-order chi connectivity index (χ1) is 8.75. The molecule has 92 valence electrons. The van der Waals surface area contributed by atoms with Crippen LogP contribution in [-0.4, -0.2) is 0 Å². The molecule has 8 atom stereocenters. The molecule has 0 aromatic carbocycles. The minimum absolute atomic E-state index is 0.905. The van der Waals surface area contributed by atoms with E-state index in [1.54, 1.807) is 11.1 Å². The predicted molar refractivity (Wildman–Crippen MR) is 71.7 cm³/mol. The number of allylic oxidation sites excluding steroid dienone is 4. The van der Waals surface area contributed by atoms with Gasteiger partial charge in [-0.1, -0.05) is 35.5 Å². The monoisotopic (exact) mass is 236 g/mol. The summed E-state index contributed by atoms with van der Waals surface area (Å²) in [6, 6.07) is 0. The molecule has 18 heavy (non-hydrogen) atoms. The standard InChI is InChI=1S/C18H20/c1-7-9-3-13-10(7)4-14(9)17(13)18-15-5-11-8(2)12(15)6-16(11)18/h9-16H,1-6H2/t9-,10?,11+,12?,13+,14+,15-,16-. The Morgan fingerprint density at radius 3 is 1.00 bits per heavy atom. The first kappa shape index (κ1) is 9.18. The maximum absolute atomic E-state index is 4.37. The van der Waals surface area contributed by atoms with Crippen molar-refractivity contribution in [2.24, 2.45) is 47.3 Å². The Labute approximate surface area is 109 Å². The minimum Gasteiger partial charge on any atom is -0.0993 e. The van der Waals surface area contributed by atoms with Crippen LogP contribution in [0, 0.1) is 47.3 Å². The second kappa shape index (κ2) is 2.44. The fourth-order valence-corrected chi connectivity index (χ4v) is 7.38. The average Bonchev–Trinajstić information content (AvgIpc) is 3.14. The fraction of sp³-hybridized carbons (Fsp3) is 0.667. The van der Waals surface area contributed by atoms with Crippen molar-refractivity contribution in [2.75, 3.05) is 0 Å². The van der Waals surface area contributed by atoms with Crippen LogP contribution >= 0.6 is 0 Å². The van der Waals surface area contributed by atoms with Crippen LogP contribution in [0.25, 0.3) is 0 Å². The molecule has 0 heterocycles. The third kappa shape index (κ3) is 0.681. The first-order valence-electron chi connectivity index (χ1n) is 7.87. The van der Waals surface area contributed by atoms with Crippen molar-refractivity contribution in [2.45, 2.75) is 25.7 Å². The van der Waals surface area contributed by atoms with E-state index in [0.717, 1.165) is 47.3 Å². The van der Waals surface area contributed by atoms with Crippen molar-refractivity contribution < 1.29 is 0 Å². The van der Waals surface area contributed by atoms with Crippen molar-refractivity contribution in [3.8, 4) is 0 Å². The van der Waals surface area contributed by atoms with Crippen LogP contribution in [0.3, 0.4) is 0 Å². The van der Waals surface area contributed by atoms with Crippen molar-refractivity contribution >= 4 is 0 Å². The number of hydrogen-bond acceptors (Lipinski definition) is 0. The van der Waals surface area contributed by atoms with Gasteiger partial charge in [-0.2, -0.15) is 0 Å². The van der Waals surface area contributed by atoms with E-state index in [4.69, 9.17) is 0 Å². The van der Waals surface area contributed by atoms with Crippen LogP contribution in [-0.2, 0) is 0 Å². The predicted octanol–water partition coefficient (Wildman–Crippen LogP) is 3.97. The molecule has 0 nitrogen and oxygen atoms in total. The van der Waals surface area contributed by atoms with E-state index in [2.05, 4.69) is 13.2 Å². The van der Waals surface area contributed by atoms with E-state index in [1.807, 2.05) is 11.1 Å². The third-order valence-electron chi connectivity index (χ3n) is 7.81. The highest BCUT2D eigenvalue weighted by Gasteiger charge is 2.65. The molecule has 0 aliphatic heterocycles. The van der Waals surface area contributed by atoms with Crippen molar-refractivity contribution in [1.82, 2.24) is 0 Å². The van der Waals surface area contributed by atoms with E-state index >= 15 is 0 Å². The molecule has 8 saturated carbocycles. The molecule has 0 amide bonds. The lowest BCUT2D eigenvalue weighted by molar-refractivity contribution is 0.457. The second-order valence-electron chi connectivity index (χ2n) is 7.86. The van der Waals surface area contributed by atoms with Gasteiger partial charge in [-0.05, 0) is 73.0 Å². The highest BCUT2D eigenvalue weighted by atomic mass is 14.7. The SMILES string of the molecule is C=C1C2C[C@@H]3C(=C4[C@@H]5C[C@H]6C(=C)C5C[C@@H]46)[C@H]2C[C@H]13. The smallest absolute Gasteiger partial charge is 0.0126 e. The molecular weight excluding hydrogens is 216 g/mol. The highest BCUT2D eigenvalue weighted by molar-refractivity contribution is 5.50. The topological polar surface area (TPSA) is 0 Å². The van der Waals surface area contributed by atoms with Gasteiger partial charge in [0.15, 0.2) is 0 Å². The van der Waals surface area contributed by atoms with E-state index in [9.17, 15) is 0 Å². The summed E-state index contributed by atoms with van der Waals surface area (Å²) in [5.41, 5.74) is 7.25. The van der Waals surface area contributed by atoms with Gasteiger partial charge in [-0.3, -0.25) is 0 Å². The molecule has 0 radical (unpaired) electrons. The Kier molecular flexibility index (Phi) is 1.25. The van der Waals surface area contributed by atoms with E-state index in [-0.39, 0.29) is 0 Å². The zero-order valence-corrected chi connectivity index (χ0v) is 10.9. The Bertz CT molecular complexity index is 469. The van der Waals surface area contributed by atoms with Crippen LogP contribution in [0.15, 0.2) is 35.5 Å². The zero-order valence-electron chi connectivity index (χ0n) is 10.9. The summed E-state index contributed by atoms with van der Waals surface area (Å²) in [5.74, 6) is 7.44. The van der Waals surface area contributed by atoms with Gasteiger partial charge in [0, 0.05) is 0 Å². The van der Waals surface area contributed by atoms with Gasteiger partial charge in [0.25, 0.3) is 0 Å². The lowest BCUT2D eigenvalue weighted by Gasteiger charge is -2.24. The van der Waals surface area contributed by atoms with Gasteiger partial charge in [-0.15, -0.1) is 0 Å². The molecule has 0 N–H and O–H groups in total. The summed E-state index contributed by atoms with van der Waals surface area (Å²) in [7, 11) is 0. The molecule has 0 heteroatoms. The quantitative estimate of drug-likeness (QED) is 0.558. The zero-order chi connectivity index (χ0) is 11.8. The summed E-state index contributed by atoms with van der Waals surface area (Å²) < 4.78 is 0. The number of hydrogen-bond donors (Lipinski definition) is 0. The lowest BCUT2D eigenvalue weighted by Crippen LogP contribution is -2.13. The molecule has 8 aliphatic carbocycles. The summed E-state index contributed by atoms with van der Waals surface area (Å²) in [6.07, 6.45) is 5.90. The Hall–Kier alpha value is -0.780. The summed E-state index contributed by atoms with van der Waals surface area (Å²) >= 11 is 0. The first-order valence-corrected chi connectivity index (χ1v) is 7.87. The van der Waals surface area contributed by atoms with Gasteiger partial charge >= 0.3 is 0 Å². The molecule has 8 bridgehead atoms. The molecule has 0 aromatic heterocycles.